The minimum absolute atomic E-state index is 0.155. The monoisotopic (exact) mass is 276 g/mol. The normalized spacial score (nSPS) is 10.4. The lowest BCUT2D eigenvalue weighted by Crippen LogP contribution is -2.02. The van der Waals surface area contributed by atoms with Crippen LogP contribution in [0.15, 0.2) is 47.4 Å². The Hall–Kier alpha value is -1.81. The van der Waals surface area contributed by atoms with Gasteiger partial charge in [0.1, 0.15) is 5.82 Å². The Morgan fingerprint density at radius 2 is 2.00 bits per heavy atom. The first-order valence-electron chi connectivity index (χ1n) is 5.78. The van der Waals surface area contributed by atoms with Crippen LogP contribution >= 0.6 is 11.8 Å². The molecule has 0 bridgehead atoms. The van der Waals surface area contributed by atoms with Gasteiger partial charge < -0.3 is 5.11 Å². The molecule has 2 aromatic rings. The molecule has 98 valence electrons. The highest BCUT2D eigenvalue weighted by molar-refractivity contribution is 7.98. The number of rotatable bonds is 4. The molecule has 0 atom stereocenters. The Morgan fingerprint density at radius 1 is 1.26 bits per heavy atom. The van der Waals surface area contributed by atoms with Crippen LogP contribution in [-0.2, 0) is 5.75 Å². The van der Waals surface area contributed by atoms with Crippen molar-refractivity contribution in [2.45, 2.75) is 17.6 Å². The maximum absolute atomic E-state index is 13.2. The lowest BCUT2D eigenvalue weighted by atomic mass is 10.1. The lowest BCUT2D eigenvalue weighted by molar-refractivity contribution is 0.0696. The molecule has 0 heterocycles. The van der Waals surface area contributed by atoms with E-state index < -0.39 is 11.8 Å². The minimum atomic E-state index is -1.03. The molecule has 1 N–H and O–H groups in total. The van der Waals surface area contributed by atoms with E-state index in [-0.39, 0.29) is 5.56 Å². The second-order valence-corrected chi connectivity index (χ2v) is 5.18. The molecule has 0 radical (unpaired) electrons. The second-order valence-electron chi connectivity index (χ2n) is 4.16. The van der Waals surface area contributed by atoms with Crippen molar-refractivity contribution in [2.24, 2.45) is 0 Å². The van der Waals surface area contributed by atoms with Gasteiger partial charge in [-0.1, -0.05) is 18.2 Å². The fraction of sp³-hybridized carbons (Fsp3) is 0.133. The number of halogens is 1. The SMILES string of the molecule is Cc1ccccc1SCc1cc(F)ccc1C(=O)O. The molecule has 0 fully saturated rings. The van der Waals surface area contributed by atoms with Gasteiger partial charge in [-0.2, -0.15) is 0 Å². The molecule has 0 spiro atoms. The lowest BCUT2D eigenvalue weighted by Gasteiger charge is -2.08. The van der Waals surface area contributed by atoms with E-state index in [0.29, 0.717) is 11.3 Å². The van der Waals surface area contributed by atoms with Crippen LogP contribution in [0.1, 0.15) is 21.5 Å². The maximum Gasteiger partial charge on any atom is 0.335 e. The molecule has 19 heavy (non-hydrogen) atoms. The zero-order chi connectivity index (χ0) is 13.8. The van der Waals surface area contributed by atoms with E-state index in [4.69, 9.17) is 5.11 Å². The van der Waals surface area contributed by atoms with Gasteiger partial charge in [0.15, 0.2) is 0 Å². The fourth-order valence-electron chi connectivity index (χ4n) is 1.76. The number of carboxylic acids is 1. The first-order valence-corrected chi connectivity index (χ1v) is 6.76. The quantitative estimate of drug-likeness (QED) is 0.853. The third kappa shape index (κ3) is 3.35. The first-order chi connectivity index (χ1) is 9.08. The molecule has 0 aliphatic heterocycles. The summed E-state index contributed by atoms with van der Waals surface area (Å²) in [6.45, 7) is 1.99. The van der Waals surface area contributed by atoms with Gasteiger partial charge in [0, 0.05) is 10.6 Å². The van der Waals surface area contributed by atoms with Gasteiger partial charge in [0.05, 0.1) is 5.56 Å². The molecule has 0 amide bonds. The Balaban J connectivity index is 2.22. The van der Waals surface area contributed by atoms with E-state index >= 15 is 0 Å². The van der Waals surface area contributed by atoms with Crippen LogP contribution in [0.5, 0.6) is 0 Å². The number of aromatic carboxylic acids is 1. The van der Waals surface area contributed by atoms with Crippen LogP contribution in [0.4, 0.5) is 4.39 Å². The highest BCUT2D eigenvalue weighted by Gasteiger charge is 2.11. The topological polar surface area (TPSA) is 37.3 Å². The van der Waals surface area contributed by atoms with Gasteiger partial charge in [0.25, 0.3) is 0 Å². The Kier molecular flexibility index (Phi) is 4.22. The summed E-state index contributed by atoms with van der Waals surface area (Å²) in [4.78, 5) is 12.2. The number of benzene rings is 2. The van der Waals surface area contributed by atoms with Crippen molar-refractivity contribution >= 4 is 17.7 Å². The van der Waals surface area contributed by atoms with E-state index in [1.54, 1.807) is 0 Å². The van der Waals surface area contributed by atoms with E-state index in [1.165, 1.54) is 30.0 Å². The summed E-state index contributed by atoms with van der Waals surface area (Å²) in [5, 5.41) is 9.08. The predicted octanol–water partition coefficient (Wildman–Crippen LogP) is 4.12. The molecule has 0 aliphatic rings. The zero-order valence-corrected chi connectivity index (χ0v) is 11.2. The standard InChI is InChI=1S/C15H13FO2S/c1-10-4-2-3-5-14(10)19-9-11-8-12(16)6-7-13(11)15(17)18/h2-8H,9H2,1H3,(H,17,18). The van der Waals surface area contributed by atoms with Crippen LogP contribution in [0.3, 0.4) is 0 Å². The number of thioether (sulfide) groups is 1. The smallest absolute Gasteiger partial charge is 0.335 e. The van der Waals surface area contributed by atoms with Crippen molar-refractivity contribution in [3.8, 4) is 0 Å². The largest absolute Gasteiger partial charge is 0.478 e. The summed E-state index contributed by atoms with van der Waals surface area (Å²) in [5.41, 5.74) is 1.78. The van der Waals surface area contributed by atoms with Crippen LogP contribution in [-0.4, -0.2) is 11.1 Å². The minimum Gasteiger partial charge on any atom is -0.478 e. The molecule has 4 heteroatoms. The fourth-order valence-corrected chi connectivity index (χ4v) is 2.78. The van der Waals surface area contributed by atoms with Crippen LogP contribution in [0, 0.1) is 12.7 Å². The molecule has 0 saturated carbocycles. The van der Waals surface area contributed by atoms with Crippen LogP contribution in [0.2, 0.25) is 0 Å². The Labute approximate surface area is 115 Å². The number of hydrogen-bond donors (Lipinski definition) is 1. The highest BCUT2D eigenvalue weighted by atomic mass is 32.2. The van der Waals surface area contributed by atoms with Gasteiger partial charge in [0.2, 0.25) is 0 Å². The number of carbonyl (C=O) groups is 1. The molecular weight excluding hydrogens is 263 g/mol. The van der Waals surface area contributed by atoms with Gasteiger partial charge in [-0.05, 0) is 42.3 Å². The van der Waals surface area contributed by atoms with E-state index in [0.717, 1.165) is 10.5 Å². The maximum atomic E-state index is 13.2. The van der Waals surface area contributed by atoms with Crippen molar-refractivity contribution in [2.75, 3.05) is 0 Å². The van der Waals surface area contributed by atoms with Gasteiger partial charge in [-0.3, -0.25) is 0 Å². The summed E-state index contributed by atoms with van der Waals surface area (Å²) < 4.78 is 13.2. The van der Waals surface area contributed by atoms with E-state index in [9.17, 15) is 9.18 Å². The van der Waals surface area contributed by atoms with Crippen molar-refractivity contribution in [3.63, 3.8) is 0 Å². The van der Waals surface area contributed by atoms with E-state index in [1.807, 2.05) is 31.2 Å². The molecule has 0 saturated heterocycles. The molecule has 2 nitrogen and oxygen atoms in total. The van der Waals surface area contributed by atoms with Crippen LogP contribution < -0.4 is 0 Å². The van der Waals surface area contributed by atoms with E-state index in [2.05, 4.69) is 0 Å². The molecule has 0 aromatic heterocycles. The average molecular weight is 276 g/mol. The molecular formula is C15H13FO2S. The summed E-state index contributed by atoms with van der Waals surface area (Å²) in [7, 11) is 0. The van der Waals surface area contributed by atoms with Crippen molar-refractivity contribution in [3.05, 3.63) is 65.0 Å². The van der Waals surface area contributed by atoms with Crippen molar-refractivity contribution < 1.29 is 14.3 Å². The second kappa shape index (κ2) is 5.89. The van der Waals surface area contributed by atoms with Crippen molar-refractivity contribution in [1.29, 1.82) is 0 Å². The summed E-state index contributed by atoms with van der Waals surface area (Å²) in [6.07, 6.45) is 0. The number of hydrogen-bond acceptors (Lipinski definition) is 2. The average Bonchev–Trinajstić information content (AvgIpc) is 2.37. The number of carboxylic acid groups (broad SMARTS) is 1. The summed E-state index contributed by atoms with van der Waals surface area (Å²) in [6, 6.07) is 11.6. The summed E-state index contributed by atoms with van der Waals surface area (Å²) >= 11 is 1.51. The zero-order valence-electron chi connectivity index (χ0n) is 10.4. The van der Waals surface area contributed by atoms with Gasteiger partial charge in [-0.15, -0.1) is 11.8 Å². The molecule has 2 rings (SSSR count). The third-order valence-corrected chi connectivity index (χ3v) is 4.00. The van der Waals surface area contributed by atoms with Gasteiger partial charge in [-0.25, -0.2) is 9.18 Å². The first kappa shape index (κ1) is 13.6. The summed E-state index contributed by atoms with van der Waals surface area (Å²) in [5.74, 6) is -1.00. The van der Waals surface area contributed by atoms with Crippen LogP contribution in [0.25, 0.3) is 0 Å². The van der Waals surface area contributed by atoms with Crippen molar-refractivity contribution in [1.82, 2.24) is 0 Å². The Morgan fingerprint density at radius 3 is 2.68 bits per heavy atom. The Bertz CT molecular complexity index is 611. The molecule has 2 aromatic carbocycles. The molecule has 0 unspecified atom stereocenters. The number of aryl methyl sites for hydroxylation is 1. The molecule has 0 aliphatic carbocycles. The van der Waals surface area contributed by atoms with Gasteiger partial charge >= 0.3 is 5.97 Å². The third-order valence-electron chi connectivity index (χ3n) is 2.77. The predicted molar refractivity (Wildman–Crippen MR) is 74.1 cm³/mol. The highest BCUT2D eigenvalue weighted by Crippen LogP contribution is 2.27.